The van der Waals surface area contributed by atoms with Gasteiger partial charge in [-0.3, -0.25) is 4.79 Å². The fourth-order valence-electron chi connectivity index (χ4n) is 2.18. The Hall–Kier alpha value is -2.31. The van der Waals surface area contributed by atoms with E-state index in [0.29, 0.717) is 21.8 Å². The molecule has 5 nitrogen and oxygen atoms in total. The van der Waals surface area contributed by atoms with Crippen molar-refractivity contribution in [3.8, 4) is 11.5 Å². The zero-order valence-electron chi connectivity index (χ0n) is 13.7. The second kappa shape index (κ2) is 7.72. The molecule has 7 heteroatoms. The normalized spacial score (nSPS) is 12.0. The SMILES string of the molecule is Cc1ccccc1-c1nnc(SC(C)C(=O)Nc2ccccc2Cl)o1. The van der Waals surface area contributed by atoms with Crippen molar-refractivity contribution < 1.29 is 9.21 Å². The van der Waals surface area contributed by atoms with E-state index in [2.05, 4.69) is 15.5 Å². The second-order valence-corrected chi connectivity index (χ2v) is 7.12. The molecular formula is C18H16ClN3O2S. The van der Waals surface area contributed by atoms with E-state index in [0.717, 1.165) is 11.1 Å². The summed E-state index contributed by atoms with van der Waals surface area (Å²) >= 11 is 7.26. The minimum Gasteiger partial charge on any atom is -0.411 e. The first-order chi connectivity index (χ1) is 12.0. The highest BCUT2D eigenvalue weighted by Crippen LogP contribution is 2.28. The Morgan fingerprint density at radius 1 is 1.16 bits per heavy atom. The summed E-state index contributed by atoms with van der Waals surface area (Å²) in [6.07, 6.45) is 0. The molecule has 2 aromatic carbocycles. The van der Waals surface area contributed by atoms with Gasteiger partial charge in [-0.1, -0.05) is 53.7 Å². The number of para-hydroxylation sites is 1. The summed E-state index contributed by atoms with van der Waals surface area (Å²) in [6.45, 7) is 3.75. The van der Waals surface area contributed by atoms with Gasteiger partial charge in [0.25, 0.3) is 5.22 Å². The first-order valence-electron chi connectivity index (χ1n) is 7.66. The van der Waals surface area contributed by atoms with E-state index in [1.165, 1.54) is 11.8 Å². The van der Waals surface area contributed by atoms with Crippen molar-refractivity contribution in [3.63, 3.8) is 0 Å². The third kappa shape index (κ3) is 4.21. The molecule has 0 spiro atoms. The number of nitrogens with one attached hydrogen (secondary N) is 1. The van der Waals surface area contributed by atoms with E-state index in [9.17, 15) is 4.79 Å². The molecule has 1 heterocycles. The van der Waals surface area contributed by atoms with Crippen LogP contribution in [-0.2, 0) is 4.79 Å². The number of aromatic nitrogens is 2. The molecule has 0 fully saturated rings. The van der Waals surface area contributed by atoms with Gasteiger partial charge in [0.1, 0.15) is 0 Å². The molecular weight excluding hydrogens is 358 g/mol. The summed E-state index contributed by atoms with van der Waals surface area (Å²) < 4.78 is 5.68. The standard InChI is InChI=1S/C18H16ClN3O2S/c1-11-7-3-4-8-13(11)17-21-22-18(24-17)25-12(2)16(23)20-15-10-6-5-9-14(15)19/h3-10,12H,1-2H3,(H,20,23). The van der Waals surface area contributed by atoms with Crippen LogP contribution >= 0.6 is 23.4 Å². The average molecular weight is 374 g/mol. The van der Waals surface area contributed by atoms with Crippen LogP contribution in [0.2, 0.25) is 5.02 Å². The molecule has 25 heavy (non-hydrogen) atoms. The van der Waals surface area contributed by atoms with Gasteiger partial charge >= 0.3 is 0 Å². The van der Waals surface area contributed by atoms with Crippen molar-refractivity contribution in [2.24, 2.45) is 0 Å². The molecule has 0 saturated heterocycles. The van der Waals surface area contributed by atoms with Gasteiger partial charge in [-0.25, -0.2) is 0 Å². The van der Waals surface area contributed by atoms with Gasteiger partial charge in [0.15, 0.2) is 0 Å². The summed E-state index contributed by atoms with van der Waals surface area (Å²) in [5, 5.41) is 11.3. The summed E-state index contributed by atoms with van der Waals surface area (Å²) in [5.41, 5.74) is 2.51. The molecule has 3 rings (SSSR count). The Balaban J connectivity index is 1.67. The Kier molecular flexibility index (Phi) is 5.40. The number of aryl methyl sites for hydroxylation is 1. The molecule has 3 aromatic rings. The van der Waals surface area contributed by atoms with Crippen molar-refractivity contribution in [3.05, 3.63) is 59.1 Å². The number of benzene rings is 2. The highest BCUT2D eigenvalue weighted by Gasteiger charge is 2.19. The lowest BCUT2D eigenvalue weighted by molar-refractivity contribution is -0.115. The minimum absolute atomic E-state index is 0.186. The van der Waals surface area contributed by atoms with E-state index in [1.807, 2.05) is 43.3 Å². The lowest BCUT2D eigenvalue weighted by Gasteiger charge is -2.10. The van der Waals surface area contributed by atoms with Crippen LogP contribution in [0.25, 0.3) is 11.5 Å². The van der Waals surface area contributed by atoms with Gasteiger partial charge < -0.3 is 9.73 Å². The molecule has 128 valence electrons. The highest BCUT2D eigenvalue weighted by atomic mass is 35.5. The zero-order chi connectivity index (χ0) is 17.8. The van der Waals surface area contributed by atoms with Crippen molar-refractivity contribution in [1.82, 2.24) is 10.2 Å². The Labute approximate surface area is 154 Å². The zero-order valence-corrected chi connectivity index (χ0v) is 15.3. The average Bonchev–Trinajstić information content (AvgIpc) is 3.05. The van der Waals surface area contributed by atoms with Gasteiger partial charge in [-0.05, 0) is 37.6 Å². The number of nitrogens with zero attached hydrogens (tertiary/aromatic N) is 2. The van der Waals surface area contributed by atoms with E-state index in [-0.39, 0.29) is 5.91 Å². The Bertz CT molecular complexity index is 897. The quantitative estimate of drug-likeness (QED) is 0.649. The number of amides is 1. The number of anilines is 1. The maximum atomic E-state index is 12.3. The fraction of sp³-hybridized carbons (Fsp3) is 0.167. The molecule has 1 aromatic heterocycles. The molecule has 1 atom stereocenters. The van der Waals surface area contributed by atoms with Crippen molar-refractivity contribution >= 4 is 35.0 Å². The molecule has 0 bridgehead atoms. The summed E-state index contributed by atoms with van der Waals surface area (Å²) in [6, 6.07) is 14.9. The maximum absolute atomic E-state index is 12.3. The summed E-state index contributed by atoms with van der Waals surface area (Å²) in [5.74, 6) is 0.257. The monoisotopic (exact) mass is 373 g/mol. The number of hydrogen-bond donors (Lipinski definition) is 1. The molecule has 0 aliphatic heterocycles. The van der Waals surface area contributed by atoms with Gasteiger partial charge in [0, 0.05) is 5.56 Å². The molecule has 1 amide bonds. The molecule has 0 aliphatic rings. The third-order valence-corrected chi connectivity index (χ3v) is 4.82. The van der Waals surface area contributed by atoms with E-state index < -0.39 is 5.25 Å². The van der Waals surface area contributed by atoms with Crippen LogP contribution < -0.4 is 5.32 Å². The number of carbonyl (C=O) groups is 1. The highest BCUT2D eigenvalue weighted by molar-refractivity contribution is 8.00. The lowest BCUT2D eigenvalue weighted by Crippen LogP contribution is -2.22. The lowest BCUT2D eigenvalue weighted by atomic mass is 10.1. The molecule has 0 aliphatic carbocycles. The van der Waals surface area contributed by atoms with Crippen LogP contribution in [0.15, 0.2) is 58.2 Å². The van der Waals surface area contributed by atoms with Crippen molar-refractivity contribution in [2.75, 3.05) is 5.32 Å². The minimum atomic E-state index is -0.415. The third-order valence-electron chi connectivity index (χ3n) is 3.56. The van der Waals surface area contributed by atoms with Gasteiger partial charge in [-0.2, -0.15) is 0 Å². The predicted octanol–water partition coefficient (Wildman–Crippen LogP) is 4.82. The Morgan fingerprint density at radius 2 is 1.88 bits per heavy atom. The molecule has 0 saturated carbocycles. The molecule has 1 N–H and O–H groups in total. The molecule has 1 unspecified atom stereocenters. The fourth-order valence-corrected chi connectivity index (χ4v) is 3.05. The van der Waals surface area contributed by atoms with Crippen LogP contribution in [0.1, 0.15) is 12.5 Å². The first kappa shape index (κ1) is 17.5. The topological polar surface area (TPSA) is 68.0 Å². The van der Waals surface area contributed by atoms with Gasteiger partial charge in [0.2, 0.25) is 11.8 Å². The van der Waals surface area contributed by atoms with Crippen molar-refractivity contribution in [2.45, 2.75) is 24.3 Å². The van der Waals surface area contributed by atoms with Crippen LogP contribution in [0.5, 0.6) is 0 Å². The summed E-state index contributed by atoms with van der Waals surface area (Å²) in [7, 11) is 0. The van der Waals surface area contributed by atoms with E-state index in [1.54, 1.807) is 19.1 Å². The maximum Gasteiger partial charge on any atom is 0.277 e. The predicted molar refractivity (Wildman–Crippen MR) is 99.9 cm³/mol. The van der Waals surface area contributed by atoms with Crippen LogP contribution in [0, 0.1) is 6.92 Å². The number of carbonyl (C=O) groups excluding carboxylic acids is 1. The van der Waals surface area contributed by atoms with E-state index in [4.69, 9.17) is 16.0 Å². The van der Waals surface area contributed by atoms with Crippen molar-refractivity contribution in [1.29, 1.82) is 0 Å². The molecule has 0 radical (unpaired) electrons. The summed E-state index contributed by atoms with van der Waals surface area (Å²) in [4.78, 5) is 12.3. The Morgan fingerprint density at radius 3 is 2.64 bits per heavy atom. The number of rotatable bonds is 5. The number of halogens is 1. The first-order valence-corrected chi connectivity index (χ1v) is 8.92. The van der Waals surface area contributed by atoms with Gasteiger partial charge in [0.05, 0.1) is 16.0 Å². The smallest absolute Gasteiger partial charge is 0.277 e. The van der Waals surface area contributed by atoms with Crippen LogP contribution in [0.3, 0.4) is 0 Å². The number of hydrogen-bond acceptors (Lipinski definition) is 5. The van der Waals surface area contributed by atoms with E-state index >= 15 is 0 Å². The van der Waals surface area contributed by atoms with Gasteiger partial charge in [-0.15, -0.1) is 10.2 Å². The van der Waals surface area contributed by atoms with Crippen LogP contribution in [-0.4, -0.2) is 21.4 Å². The number of thioether (sulfide) groups is 1. The second-order valence-electron chi connectivity index (χ2n) is 5.42. The van der Waals surface area contributed by atoms with Crippen LogP contribution in [0.4, 0.5) is 5.69 Å². The largest absolute Gasteiger partial charge is 0.411 e.